The molecule has 1 aliphatic rings. The Morgan fingerprint density at radius 3 is 3.06 bits per heavy atom. The maximum Gasteiger partial charge on any atom is 0.354 e. The average molecular weight is 220 g/mol. The molecule has 1 saturated heterocycles. The summed E-state index contributed by atoms with van der Waals surface area (Å²) in [4.78, 5) is 17.1. The predicted molar refractivity (Wildman–Crippen MR) is 61.8 cm³/mol. The first kappa shape index (κ1) is 10.9. The van der Waals surface area contributed by atoms with Gasteiger partial charge in [0.15, 0.2) is 5.69 Å². The number of carboxylic acids is 1. The van der Waals surface area contributed by atoms with Crippen molar-refractivity contribution >= 4 is 11.8 Å². The molecule has 86 valence electrons. The van der Waals surface area contributed by atoms with Gasteiger partial charge in [-0.1, -0.05) is 19.4 Å². The van der Waals surface area contributed by atoms with E-state index in [1.54, 1.807) is 6.07 Å². The van der Waals surface area contributed by atoms with E-state index in [2.05, 4.69) is 16.8 Å². The Morgan fingerprint density at radius 1 is 1.62 bits per heavy atom. The highest BCUT2D eigenvalue weighted by molar-refractivity contribution is 5.85. The van der Waals surface area contributed by atoms with Gasteiger partial charge in [-0.05, 0) is 24.5 Å². The smallest absolute Gasteiger partial charge is 0.354 e. The van der Waals surface area contributed by atoms with Gasteiger partial charge in [0.25, 0.3) is 0 Å². The van der Waals surface area contributed by atoms with Gasteiger partial charge in [0.2, 0.25) is 0 Å². The van der Waals surface area contributed by atoms with Gasteiger partial charge in [-0.2, -0.15) is 0 Å². The van der Waals surface area contributed by atoms with Crippen molar-refractivity contribution in [1.82, 2.24) is 4.98 Å². The number of nitrogens with zero attached hydrogens (tertiary/aromatic N) is 2. The molecule has 0 amide bonds. The van der Waals surface area contributed by atoms with E-state index in [1.807, 2.05) is 6.07 Å². The van der Waals surface area contributed by atoms with Gasteiger partial charge in [0, 0.05) is 13.1 Å². The van der Waals surface area contributed by atoms with Gasteiger partial charge in [-0.3, -0.25) is 0 Å². The summed E-state index contributed by atoms with van der Waals surface area (Å²) in [6, 6.07) is 5.16. The first-order valence-corrected chi connectivity index (χ1v) is 5.66. The van der Waals surface area contributed by atoms with Crippen LogP contribution in [-0.2, 0) is 0 Å². The molecule has 1 fully saturated rings. The Labute approximate surface area is 94.9 Å². The Hall–Kier alpha value is -1.58. The van der Waals surface area contributed by atoms with Crippen molar-refractivity contribution in [2.75, 3.05) is 18.0 Å². The quantitative estimate of drug-likeness (QED) is 0.846. The van der Waals surface area contributed by atoms with Crippen LogP contribution < -0.4 is 4.90 Å². The summed E-state index contributed by atoms with van der Waals surface area (Å²) in [5.41, 5.74) is 0.123. The molecule has 1 aliphatic heterocycles. The number of carboxylic acid groups (broad SMARTS) is 1. The minimum atomic E-state index is -0.965. The average Bonchev–Trinajstić information content (AvgIpc) is 2.77. The molecular weight excluding hydrogens is 204 g/mol. The van der Waals surface area contributed by atoms with Gasteiger partial charge in [-0.25, -0.2) is 9.78 Å². The van der Waals surface area contributed by atoms with E-state index >= 15 is 0 Å². The summed E-state index contributed by atoms with van der Waals surface area (Å²) in [6.07, 6.45) is 2.35. The van der Waals surface area contributed by atoms with E-state index in [0.29, 0.717) is 0 Å². The van der Waals surface area contributed by atoms with Gasteiger partial charge >= 0.3 is 5.97 Å². The third-order valence-electron chi connectivity index (χ3n) is 3.14. The maximum absolute atomic E-state index is 10.8. The minimum absolute atomic E-state index is 0.123. The molecule has 0 bridgehead atoms. The van der Waals surface area contributed by atoms with Crippen molar-refractivity contribution in [2.45, 2.75) is 19.8 Å². The van der Waals surface area contributed by atoms with Crippen LogP contribution >= 0.6 is 0 Å². The first-order valence-electron chi connectivity index (χ1n) is 5.66. The number of hydrogen-bond acceptors (Lipinski definition) is 3. The lowest BCUT2D eigenvalue weighted by atomic mass is 10.1. The Bertz CT molecular complexity index is 392. The summed E-state index contributed by atoms with van der Waals surface area (Å²) < 4.78 is 0. The lowest BCUT2D eigenvalue weighted by molar-refractivity contribution is 0.0690. The van der Waals surface area contributed by atoms with E-state index in [4.69, 9.17) is 5.11 Å². The summed E-state index contributed by atoms with van der Waals surface area (Å²) in [5, 5.41) is 8.87. The van der Waals surface area contributed by atoms with Crippen LogP contribution in [0.5, 0.6) is 0 Å². The van der Waals surface area contributed by atoms with Crippen LogP contribution in [0.15, 0.2) is 18.2 Å². The lowest BCUT2D eigenvalue weighted by Crippen LogP contribution is -2.21. The normalized spacial score (nSPS) is 20.1. The molecule has 16 heavy (non-hydrogen) atoms. The molecule has 1 aromatic rings. The molecule has 1 aromatic heterocycles. The second kappa shape index (κ2) is 4.51. The highest BCUT2D eigenvalue weighted by Gasteiger charge is 2.22. The second-order valence-electron chi connectivity index (χ2n) is 4.20. The summed E-state index contributed by atoms with van der Waals surface area (Å²) in [6.45, 7) is 4.16. The van der Waals surface area contributed by atoms with Crippen LogP contribution in [0, 0.1) is 5.92 Å². The number of hydrogen-bond donors (Lipinski definition) is 1. The number of pyridine rings is 1. The number of carbonyl (C=O) groups is 1. The molecule has 0 aliphatic carbocycles. The van der Waals surface area contributed by atoms with E-state index in [-0.39, 0.29) is 5.69 Å². The molecule has 0 spiro atoms. The molecule has 0 saturated carbocycles. The van der Waals surface area contributed by atoms with Gasteiger partial charge < -0.3 is 10.0 Å². The van der Waals surface area contributed by atoms with Crippen LogP contribution in [0.2, 0.25) is 0 Å². The van der Waals surface area contributed by atoms with E-state index in [0.717, 1.165) is 24.8 Å². The molecule has 1 N–H and O–H groups in total. The molecule has 2 rings (SSSR count). The third kappa shape index (κ3) is 2.15. The topological polar surface area (TPSA) is 53.4 Å². The van der Waals surface area contributed by atoms with E-state index in [9.17, 15) is 4.79 Å². The number of anilines is 1. The number of aromatic carboxylic acids is 1. The zero-order chi connectivity index (χ0) is 11.5. The van der Waals surface area contributed by atoms with E-state index in [1.165, 1.54) is 18.9 Å². The fourth-order valence-corrected chi connectivity index (χ4v) is 2.09. The molecule has 0 aromatic carbocycles. The predicted octanol–water partition coefficient (Wildman–Crippen LogP) is 2.02. The van der Waals surface area contributed by atoms with Gasteiger partial charge in [0.1, 0.15) is 5.82 Å². The molecule has 0 radical (unpaired) electrons. The summed E-state index contributed by atoms with van der Waals surface area (Å²) >= 11 is 0. The fourth-order valence-electron chi connectivity index (χ4n) is 2.09. The van der Waals surface area contributed by atoms with Crippen molar-refractivity contribution in [3.05, 3.63) is 23.9 Å². The monoisotopic (exact) mass is 220 g/mol. The summed E-state index contributed by atoms with van der Waals surface area (Å²) in [5.74, 6) is 0.541. The molecule has 2 heterocycles. The van der Waals surface area contributed by atoms with Crippen LogP contribution in [0.25, 0.3) is 0 Å². The van der Waals surface area contributed by atoms with Crippen molar-refractivity contribution in [1.29, 1.82) is 0 Å². The minimum Gasteiger partial charge on any atom is -0.477 e. The van der Waals surface area contributed by atoms with Crippen molar-refractivity contribution < 1.29 is 9.90 Å². The Morgan fingerprint density at radius 2 is 2.44 bits per heavy atom. The second-order valence-corrected chi connectivity index (χ2v) is 4.20. The molecule has 4 nitrogen and oxygen atoms in total. The van der Waals surface area contributed by atoms with E-state index < -0.39 is 5.97 Å². The highest BCUT2D eigenvalue weighted by atomic mass is 16.4. The van der Waals surface area contributed by atoms with Crippen LogP contribution in [0.4, 0.5) is 5.82 Å². The van der Waals surface area contributed by atoms with Crippen LogP contribution in [0.3, 0.4) is 0 Å². The molecule has 1 unspecified atom stereocenters. The Balaban J connectivity index is 2.15. The van der Waals surface area contributed by atoms with Crippen molar-refractivity contribution in [3.8, 4) is 0 Å². The van der Waals surface area contributed by atoms with Crippen LogP contribution in [-0.4, -0.2) is 29.1 Å². The lowest BCUT2D eigenvalue weighted by Gasteiger charge is -2.17. The first-order chi connectivity index (χ1) is 7.70. The highest BCUT2D eigenvalue weighted by Crippen LogP contribution is 2.23. The maximum atomic E-state index is 10.8. The largest absolute Gasteiger partial charge is 0.477 e. The van der Waals surface area contributed by atoms with Crippen molar-refractivity contribution in [2.24, 2.45) is 5.92 Å². The fraction of sp³-hybridized carbons (Fsp3) is 0.500. The standard InChI is InChI=1S/C12H16N2O2/c1-2-9-6-7-14(8-9)11-5-3-4-10(13-11)12(15)16/h3-5,9H,2,6-8H2,1H3,(H,15,16). The van der Waals surface area contributed by atoms with Gasteiger partial charge in [-0.15, -0.1) is 0 Å². The van der Waals surface area contributed by atoms with Crippen LogP contribution in [0.1, 0.15) is 30.3 Å². The number of rotatable bonds is 3. The molecule has 1 atom stereocenters. The molecule has 4 heteroatoms. The zero-order valence-corrected chi connectivity index (χ0v) is 9.39. The van der Waals surface area contributed by atoms with Gasteiger partial charge in [0.05, 0.1) is 0 Å². The third-order valence-corrected chi connectivity index (χ3v) is 3.14. The zero-order valence-electron chi connectivity index (χ0n) is 9.39. The number of aromatic nitrogens is 1. The molecular formula is C12H16N2O2. The summed E-state index contributed by atoms with van der Waals surface area (Å²) in [7, 11) is 0. The Kier molecular flexibility index (Phi) is 3.08. The SMILES string of the molecule is CCC1CCN(c2cccc(C(=O)O)n2)C1. The van der Waals surface area contributed by atoms with Crippen molar-refractivity contribution in [3.63, 3.8) is 0 Å².